The molecule has 1 atom stereocenters. The molecule has 1 fully saturated rings. The molecule has 0 aromatic heterocycles. The lowest BCUT2D eigenvalue weighted by molar-refractivity contribution is -0.137. The third kappa shape index (κ3) is 5.59. The lowest BCUT2D eigenvalue weighted by atomic mass is 9.87. The third-order valence-corrected chi connectivity index (χ3v) is 3.86. The predicted molar refractivity (Wildman–Crippen MR) is 74.2 cm³/mol. The standard InChI is InChI=1S/C14H24N2O4/c1-14(2)9-5-6-10(14)15-13(20)16-11(17)7-3-4-8-12(18)19/h10H,3-9H2,1-2H3,(H,18,19)(H2,15,16,17,20). The fraction of sp³-hybridized carbons (Fsp3) is 0.786. The lowest BCUT2D eigenvalue weighted by Crippen LogP contribution is -2.48. The summed E-state index contributed by atoms with van der Waals surface area (Å²) < 4.78 is 0. The minimum atomic E-state index is -0.869. The number of nitrogens with one attached hydrogen (secondary N) is 2. The van der Waals surface area contributed by atoms with Gasteiger partial charge in [-0.3, -0.25) is 14.9 Å². The van der Waals surface area contributed by atoms with Crippen LogP contribution in [-0.2, 0) is 9.59 Å². The van der Waals surface area contributed by atoms with Crippen molar-refractivity contribution in [2.45, 2.75) is 64.8 Å². The molecular formula is C14H24N2O4. The average Bonchev–Trinajstić information content (AvgIpc) is 2.64. The molecule has 0 aromatic rings. The predicted octanol–water partition coefficient (Wildman–Crippen LogP) is 2.04. The Morgan fingerprint density at radius 3 is 2.40 bits per heavy atom. The monoisotopic (exact) mass is 284 g/mol. The minimum Gasteiger partial charge on any atom is -0.481 e. The number of imide groups is 1. The smallest absolute Gasteiger partial charge is 0.321 e. The van der Waals surface area contributed by atoms with Gasteiger partial charge in [-0.2, -0.15) is 0 Å². The summed E-state index contributed by atoms with van der Waals surface area (Å²) in [5.74, 6) is -1.23. The zero-order valence-electron chi connectivity index (χ0n) is 12.2. The van der Waals surface area contributed by atoms with Gasteiger partial charge < -0.3 is 10.4 Å². The molecule has 1 aliphatic rings. The second-order valence-corrected chi connectivity index (χ2v) is 6.06. The number of carboxylic acid groups (broad SMARTS) is 1. The van der Waals surface area contributed by atoms with Crippen LogP contribution in [0.1, 0.15) is 58.8 Å². The second kappa shape index (κ2) is 7.26. The first-order valence-electron chi connectivity index (χ1n) is 7.13. The summed E-state index contributed by atoms with van der Waals surface area (Å²) in [5, 5.41) is 13.6. The zero-order valence-corrected chi connectivity index (χ0v) is 12.2. The molecule has 0 radical (unpaired) electrons. The van der Waals surface area contributed by atoms with Gasteiger partial charge in [-0.1, -0.05) is 20.3 Å². The van der Waals surface area contributed by atoms with E-state index in [1.807, 2.05) is 0 Å². The van der Waals surface area contributed by atoms with E-state index in [1.165, 1.54) is 0 Å². The van der Waals surface area contributed by atoms with Gasteiger partial charge >= 0.3 is 12.0 Å². The van der Waals surface area contributed by atoms with E-state index in [4.69, 9.17) is 5.11 Å². The van der Waals surface area contributed by atoms with E-state index in [1.54, 1.807) is 0 Å². The minimum absolute atomic E-state index is 0.0513. The molecule has 6 heteroatoms. The molecule has 3 amide bonds. The average molecular weight is 284 g/mol. The number of aliphatic carboxylic acids is 1. The summed E-state index contributed by atoms with van der Waals surface area (Å²) in [6, 6.07) is -0.351. The highest BCUT2D eigenvalue weighted by Gasteiger charge is 2.35. The van der Waals surface area contributed by atoms with Crippen molar-refractivity contribution in [1.29, 1.82) is 0 Å². The number of amides is 3. The van der Waals surface area contributed by atoms with Gasteiger partial charge in [0, 0.05) is 18.9 Å². The number of hydrogen-bond acceptors (Lipinski definition) is 3. The number of carbonyl (C=O) groups excluding carboxylic acids is 2. The molecule has 0 spiro atoms. The topological polar surface area (TPSA) is 95.5 Å². The zero-order chi connectivity index (χ0) is 15.2. The molecule has 20 heavy (non-hydrogen) atoms. The first kappa shape index (κ1) is 16.5. The molecule has 114 valence electrons. The van der Waals surface area contributed by atoms with Crippen molar-refractivity contribution in [3.8, 4) is 0 Å². The van der Waals surface area contributed by atoms with Gasteiger partial charge in [0.05, 0.1) is 0 Å². The summed E-state index contributed by atoms with van der Waals surface area (Å²) in [6.45, 7) is 4.22. The maximum atomic E-state index is 11.7. The molecule has 0 bridgehead atoms. The Balaban J connectivity index is 2.21. The number of urea groups is 1. The Bertz CT molecular complexity index is 379. The summed E-state index contributed by atoms with van der Waals surface area (Å²) in [6.07, 6.45) is 4.24. The first-order chi connectivity index (χ1) is 9.31. The van der Waals surface area contributed by atoms with Crippen molar-refractivity contribution >= 4 is 17.9 Å². The van der Waals surface area contributed by atoms with Gasteiger partial charge in [0.1, 0.15) is 0 Å². The highest BCUT2D eigenvalue weighted by atomic mass is 16.4. The molecule has 1 unspecified atom stereocenters. The summed E-state index contributed by atoms with van der Waals surface area (Å²) >= 11 is 0. The second-order valence-electron chi connectivity index (χ2n) is 6.06. The van der Waals surface area contributed by atoms with Gasteiger partial charge in [-0.25, -0.2) is 4.79 Å². The Labute approximate surface area is 119 Å². The normalized spacial score (nSPS) is 20.4. The largest absolute Gasteiger partial charge is 0.481 e. The van der Waals surface area contributed by atoms with E-state index < -0.39 is 12.0 Å². The van der Waals surface area contributed by atoms with Crippen LogP contribution in [0, 0.1) is 5.41 Å². The molecule has 3 N–H and O–H groups in total. The summed E-state index contributed by atoms with van der Waals surface area (Å²) in [5.41, 5.74) is 0.0713. The van der Waals surface area contributed by atoms with Crippen molar-refractivity contribution in [3.63, 3.8) is 0 Å². The van der Waals surface area contributed by atoms with Gasteiger partial charge in [-0.15, -0.1) is 0 Å². The fourth-order valence-corrected chi connectivity index (χ4v) is 2.54. The Hall–Kier alpha value is -1.59. The van der Waals surface area contributed by atoms with Gasteiger partial charge in [-0.05, 0) is 31.1 Å². The SMILES string of the molecule is CC1(C)CCCC1NC(=O)NC(=O)CCCCC(=O)O. The van der Waals surface area contributed by atoms with Crippen molar-refractivity contribution in [2.75, 3.05) is 0 Å². The molecule has 0 saturated heterocycles. The molecule has 1 rings (SSSR count). The molecule has 1 aliphatic carbocycles. The van der Waals surface area contributed by atoms with Crippen LogP contribution in [0.15, 0.2) is 0 Å². The summed E-state index contributed by atoms with van der Waals surface area (Å²) in [4.78, 5) is 33.5. The van der Waals surface area contributed by atoms with Crippen LogP contribution in [0.3, 0.4) is 0 Å². The van der Waals surface area contributed by atoms with Crippen LogP contribution in [0.4, 0.5) is 4.79 Å². The van der Waals surface area contributed by atoms with Crippen molar-refractivity contribution in [1.82, 2.24) is 10.6 Å². The van der Waals surface area contributed by atoms with E-state index in [9.17, 15) is 14.4 Å². The van der Waals surface area contributed by atoms with Crippen molar-refractivity contribution in [2.24, 2.45) is 5.41 Å². The van der Waals surface area contributed by atoms with Crippen molar-refractivity contribution < 1.29 is 19.5 Å². The maximum Gasteiger partial charge on any atom is 0.321 e. The Kier molecular flexibility index (Phi) is 5.98. The maximum absolute atomic E-state index is 11.7. The van der Waals surface area contributed by atoms with E-state index >= 15 is 0 Å². The van der Waals surface area contributed by atoms with Crippen molar-refractivity contribution in [3.05, 3.63) is 0 Å². The van der Waals surface area contributed by atoms with Crippen LogP contribution < -0.4 is 10.6 Å². The van der Waals surface area contributed by atoms with Crippen LogP contribution in [-0.4, -0.2) is 29.1 Å². The van der Waals surface area contributed by atoms with Gasteiger partial charge in [0.25, 0.3) is 0 Å². The van der Waals surface area contributed by atoms with Crippen LogP contribution >= 0.6 is 0 Å². The van der Waals surface area contributed by atoms with E-state index in [0.717, 1.165) is 19.3 Å². The lowest BCUT2D eigenvalue weighted by Gasteiger charge is -2.27. The number of rotatable bonds is 6. The first-order valence-corrected chi connectivity index (χ1v) is 7.13. The molecule has 0 heterocycles. The summed E-state index contributed by atoms with van der Waals surface area (Å²) in [7, 11) is 0. The number of carboxylic acids is 1. The van der Waals surface area contributed by atoms with Gasteiger partial charge in [0.2, 0.25) is 5.91 Å². The van der Waals surface area contributed by atoms with E-state index in [2.05, 4.69) is 24.5 Å². The Morgan fingerprint density at radius 1 is 1.20 bits per heavy atom. The highest BCUT2D eigenvalue weighted by molar-refractivity contribution is 5.94. The van der Waals surface area contributed by atoms with Crippen LogP contribution in [0.2, 0.25) is 0 Å². The van der Waals surface area contributed by atoms with Crippen LogP contribution in [0.25, 0.3) is 0 Å². The quantitative estimate of drug-likeness (QED) is 0.650. The number of unbranched alkanes of at least 4 members (excludes halogenated alkanes) is 1. The Morgan fingerprint density at radius 2 is 1.85 bits per heavy atom. The van der Waals surface area contributed by atoms with E-state index in [-0.39, 0.29) is 30.2 Å². The third-order valence-electron chi connectivity index (χ3n) is 3.86. The van der Waals surface area contributed by atoms with Crippen LogP contribution in [0.5, 0.6) is 0 Å². The molecular weight excluding hydrogens is 260 g/mol. The highest BCUT2D eigenvalue weighted by Crippen LogP contribution is 2.36. The molecule has 0 aliphatic heterocycles. The molecule has 0 aromatic carbocycles. The fourth-order valence-electron chi connectivity index (χ4n) is 2.54. The number of carbonyl (C=O) groups is 3. The molecule has 6 nitrogen and oxygen atoms in total. The van der Waals surface area contributed by atoms with E-state index in [0.29, 0.717) is 12.8 Å². The molecule has 1 saturated carbocycles. The van der Waals surface area contributed by atoms with Gasteiger partial charge in [0.15, 0.2) is 0 Å². The number of hydrogen-bond donors (Lipinski definition) is 3.